The van der Waals surface area contributed by atoms with Crippen molar-refractivity contribution in [3.63, 3.8) is 0 Å². The number of rotatable bonds is 72. The summed E-state index contributed by atoms with van der Waals surface area (Å²) < 4.78 is 5.50. The quantitative estimate of drug-likeness (QED) is 0.0320. The zero-order valence-electron chi connectivity index (χ0n) is 57.4. The van der Waals surface area contributed by atoms with E-state index in [2.05, 4.69) is 67.8 Å². The van der Waals surface area contributed by atoms with Crippen LogP contribution in [0.15, 0.2) is 48.6 Å². The van der Waals surface area contributed by atoms with Gasteiger partial charge in [0.05, 0.1) is 25.4 Å². The summed E-state index contributed by atoms with van der Waals surface area (Å²) in [6, 6.07) is -0.543. The Labute approximate surface area is 531 Å². The summed E-state index contributed by atoms with van der Waals surface area (Å²) in [5.41, 5.74) is 0. The van der Waals surface area contributed by atoms with Crippen LogP contribution in [0.2, 0.25) is 0 Å². The van der Waals surface area contributed by atoms with Crippen molar-refractivity contribution < 1.29 is 24.5 Å². The van der Waals surface area contributed by atoms with Crippen LogP contribution in [0.4, 0.5) is 0 Å². The van der Waals surface area contributed by atoms with Gasteiger partial charge in [-0.2, -0.15) is 0 Å². The van der Waals surface area contributed by atoms with Crippen molar-refractivity contribution >= 4 is 11.9 Å². The molecule has 0 bridgehead atoms. The van der Waals surface area contributed by atoms with Crippen molar-refractivity contribution in [1.82, 2.24) is 5.32 Å². The predicted molar refractivity (Wildman–Crippen MR) is 375 cm³/mol. The maximum absolute atomic E-state index is 12.6. The molecule has 0 aliphatic heterocycles. The number of nitrogens with one attached hydrogen (secondary N) is 1. The minimum Gasteiger partial charge on any atom is -0.466 e. The Balaban J connectivity index is 3.39. The summed E-state index contributed by atoms with van der Waals surface area (Å²) in [6.07, 6.45) is 97.5. The topological polar surface area (TPSA) is 95.9 Å². The summed E-state index contributed by atoms with van der Waals surface area (Å²) in [5.74, 6) is -0.0245. The van der Waals surface area contributed by atoms with Crippen LogP contribution < -0.4 is 5.32 Å². The van der Waals surface area contributed by atoms with Crippen LogP contribution in [0.3, 0.4) is 0 Å². The Hall–Kier alpha value is -2.18. The predicted octanol–water partition coefficient (Wildman–Crippen LogP) is 25.2. The van der Waals surface area contributed by atoms with E-state index in [4.69, 9.17) is 4.74 Å². The monoisotopic (exact) mass is 1190 g/mol. The molecule has 6 heteroatoms. The number of carbonyl (C=O) groups is 2. The molecule has 1 amide bonds. The van der Waals surface area contributed by atoms with Gasteiger partial charge in [0.15, 0.2) is 0 Å². The molecule has 0 aromatic rings. The number of carbonyl (C=O) groups excluding carboxylic acids is 2. The Morgan fingerprint density at radius 2 is 0.588 bits per heavy atom. The molecule has 0 rings (SSSR count). The average Bonchev–Trinajstić information content (AvgIpc) is 3.51. The highest BCUT2D eigenvalue weighted by molar-refractivity contribution is 5.76. The third-order valence-corrected chi connectivity index (χ3v) is 17.9. The molecule has 0 saturated heterocycles. The number of ether oxygens (including phenoxy) is 1. The minimum absolute atomic E-state index is 0.00583. The first-order chi connectivity index (χ1) is 42.0. The second kappa shape index (κ2) is 74.3. The number of unbranched alkanes of at least 4 members (excludes halogenated alkanes) is 53. The van der Waals surface area contributed by atoms with Crippen LogP contribution in [0.1, 0.15) is 418 Å². The highest BCUT2D eigenvalue weighted by Gasteiger charge is 2.20. The van der Waals surface area contributed by atoms with Gasteiger partial charge < -0.3 is 20.3 Å². The maximum Gasteiger partial charge on any atom is 0.305 e. The lowest BCUT2D eigenvalue weighted by Gasteiger charge is -2.22. The molecular formula is C79H149NO5. The fourth-order valence-electron chi connectivity index (χ4n) is 12.0. The maximum atomic E-state index is 12.6. The first kappa shape index (κ1) is 82.8. The first-order valence-electron chi connectivity index (χ1n) is 38.4. The molecule has 85 heavy (non-hydrogen) atoms. The molecule has 0 aromatic heterocycles. The third-order valence-electron chi connectivity index (χ3n) is 17.9. The van der Waals surface area contributed by atoms with Gasteiger partial charge in [0, 0.05) is 12.8 Å². The SMILES string of the molecule is CCCCC/C=C\C/C=C\CCCCCCCCCC(=O)OCCCCCCCCCCC/C=C\C/C=C\CCCCCCCCCCCCCCCCCC(=O)NC(CO)C(O)CCCCCCCCCCCCCCCCCCCCCC. The minimum atomic E-state index is -0.666. The van der Waals surface area contributed by atoms with E-state index in [1.54, 1.807) is 0 Å². The van der Waals surface area contributed by atoms with Gasteiger partial charge >= 0.3 is 5.97 Å². The number of hydrogen-bond donors (Lipinski definition) is 3. The van der Waals surface area contributed by atoms with Gasteiger partial charge in [-0.05, 0) is 89.9 Å². The van der Waals surface area contributed by atoms with Crippen molar-refractivity contribution in [2.45, 2.75) is 431 Å². The normalized spacial score (nSPS) is 12.8. The Bertz CT molecular complexity index is 1420. The summed E-state index contributed by atoms with van der Waals surface area (Å²) >= 11 is 0. The molecule has 3 N–H and O–H groups in total. The number of aliphatic hydroxyl groups excluding tert-OH is 2. The summed E-state index contributed by atoms with van der Waals surface area (Å²) in [5, 5.41) is 23.4. The van der Waals surface area contributed by atoms with Crippen LogP contribution in [-0.4, -0.2) is 47.4 Å². The highest BCUT2D eigenvalue weighted by atomic mass is 16.5. The second-order valence-corrected chi connectivity index (χ2v) is 26.3. The van der Waals surface area contributed by atoms with Crippen molar-refractivity contribution in [3.8, 4) is 0 Å². The average molecular weight is 1190 g/mol. The number of hydrogen-bond acceptors (Lipinski definition) is 5. The lowest BCUT2D eigenvalue weighted by Crippen LogP contribution is -2.45. The van der Waals surface area contributed by atoms with Crippen LogP contribution in [-0.2, 0) is 14.3 Å². The van der Waals surface area contributed by atoms with Gasteiger partial charge in [0.2, 0.25) is 5.91 Å². The summed E-state index contributed by atoms with van der Waals surface area (Å²) in [4.78, 5) is 24.7. The van der Waals surface area contributed by atoms with E-state index in [1.165, 1.54) is 327 Å². The Morgan fingerprint density at radius 3 is 0.918 bits per heavy atom. The molecule has 0 radical (unpaired) electrons. The van der Waals surface area contributed by atoms with E-state index >= 15 is 0 Å². The smallest absolute Gasteiger partial charge is 0.305 e. The molecule has 0 aliphatic carbocycles. The number of allylic oxidation sites excluding steroid dienone is 8. The number of amides is 1. The van der Waals surface area contributed by atoms with Gasteiger partial charge in [0.1, 0.15) is 0 Å². The molecule has 500 valence electrons. The van der Waals surface area contributed by atoms with E-state index in [0.717, 1.165) is 57.8 Å². The van der Waals surface area contributed by atoms with Gasteiger partial charge in [-0.1, -0.05) is 364 Å². The molecule has 2 atom stereocenters. The molecule has 6 nitrogen and oxygen atoms in total. The molecular weight excluding hydrogens is 1040 g/mol. The van der Waals surface area contributed by atoms with Crippen molar-refractivity contribution in [2.75, 3.05) is 13.2 Å². The standard InChI is InChI=1S/C79H149NO5/c1-3-5-7-9-11-13-15-17-19-21-22-36-40-43-47-51-55-59-63-67-71-77(82)76(75-81)80-78(83)72-68-64-60-56-52-48-44-41-37-34-32-30-28-26-24-23-25-27-29-31-33-35-38-42-46-50-54-58-62-66-70-74-85-79(84)73-69-65-61-57-53-49-45-39-20-18-16-14-12-10-8-6-4-2/h12,14,18,20,25,27,31,33,76-77,81-82H,3-11,13,15-17,19,21-24,26,28-30,32,34-75H2,1-2H3,(H,80,83)/b14-12-,20-18-,27-25-,33-31-. The zero-order valence-corrected chi connectivity index (χ0v) is 57.4. The van der Waals surface area contributed by atoms with E-state index < -0.39 is 12.1 Å². The summed E-state index contributed by atoms with van der Waals surface area (Å²) in [7, 11) is 0. The first-order valence-corrected chi connectivity index (χ1v) is 38.4. The van der Waals surface area contributed by atoms with Crippen LogP contribution >= 0.6 is 0 Å². The third kappa shape index (κ3) is 70.8. The van der Waals surface area contributed by atoms with Crippen molar-refractivity contribution in [3.05, 3.63) is 48.6 Å². The molecule has 0 saturated carbocycles. The van der Waals surface area contributed by atoms with E-state index in [-0.39, 0.29) is 18.5 Å². The largest absolute Gasteiger partial charge is 0.466 e. The van der Waals surface area contributed by atoms with Crippen LogP contribution in [0.25, 0.3) is 0 Å². The fraction of sp³-hybridized carbons (Fsp3) is 0.873. The second-order valence-electron chi connectivity index (χ2n) is 26.3. The van der Waals surface area contributed by atoms with E-state index in [9.17, 15) is 19.8 Å². The summed E-state index contributed by atoms with van der Waals surface area (Å²) in [6.45, 7) is 4.96. The molecule has 0 aliphatic rings. The molecule has 2 unspecified atom stereocenters. The van der Waals surface area contributed by atoms with Crippen LogP contribution in [0, 0.1) is 0 Å². The van der Waals surface area contributed by atoms with Gasteiger partial charge in [-0.3, -0.25) is 9.59 Å². The number of aliphatic hydroxyl groups is 2. The van der Waals surface area contributed by atoms with Crippen molar-refractivity contribution in [2.24, 2.45) is 0 Å². The molecule has 0 spiro atoms. The fourth-order valence-corrected chi connectivity index (χ4v) is 12.0. The van der Waals surface area contributed by atoms with Gasteiger partial charge in [0.25, 0.3) is 0 Å². The van der Waals surface area contributed by atoms with Crippen LogP contribution in [0.5, 0.6) is 0 Å². The molecule has 0 heterocycles. The molecule has 0 aromatic carbocycles. The van der Waals surface area contributed by atoms with Gasteiger partial charge in [-0.15, -0.1) is 0 Å². The Kier molecular flexibility index (Phi) is 72.4. The lowest BCUT2D eigenvalue weighted by molar-refractivity contribution is -0.143. The van der Waals surface area contributed by atoms with E-state index in [1.807, 2.05) is 0 Å². The Morgan fingerprint density at radius 1 is 0.329 bits per heavy atom. The highest BCUT2D eigenvalue weighted by Crippen LogP contribution is 2.19. The van der Waals surface area contributed by atoms with E-state index in [0.29, 0.717) is 25.9 Å². The lowest BCUT2D eigenvalue weighted by atomic mass is 10.0. The van der Waals surface area contributed by atoms with Gasteiger partial charge in [-0.25, -0.2) is 0 Å². The van der Waals surface area contributed by atoms with Crippen molar-refractivity contribution in [1.29, 1.82) is 0 Å². The molecule has 0 fully saturated rings. The number of esters is 1. The zero-order chi connectivity index (χ0) is 61.3.